The van der Waals surface area contributed by atoms with Crippen LogP contribution in [-0.2, 0) is 13.6 Å². The highest BCUT2D eigenvalue weighted by atomic mass is 16.5. The molecule has 0 spiro atoms. The van der Waals surface area contributed by atoms with E-state index in [4.69, 9.17) is 4.74 Å². The number of benzene rings is 1. The van der Waals surface area contributed by atoms with Crippen LogP contribution < -0.4 is 9.64 Å². The van der Waals surface area contributed by atoms with E-state index in [0.29, 0.717) is 18.9 Å². The van der Waals surface area contributed by atoms with Gasteiger partial charge in [-0.3, -0.25) is 4.68 Å². The van der Waals surface area contributed by atoms with E-state index < -0.39 is 5.97 Å². The standard InChI is InChI=1S/C15H17N3O3/c1-10-11(8-16-17(10)2)9-18-6-7-21-14-12(15(19)20)4-3-5-13(14)18/h3-5,8H,6-7,9H2,1-2H3,(H,19,20). The average Bonchev–Trinajstić information content (AvgIpc) is 2.79. The lowest BCUT2D eigenvalue weighted by Gasteiger charge is -2.31. The Hall–Kier alpha value is -2.50. The molecule has 0 saturated heterocycles. The Kier molecular flexibility index (Phi) is 3.29. The number of carboxylic acid groups (broad SMARTS) is 1. The summed E-state index contributed by atoms with van der Waals surface area (Å²) in [4.78, 5) is 13.4. The fourth-order valence-corrected chi connectivity index (χ4v) is 2.54. The molecule has 0 atom stereocenters. The molecule has 0 saturated carbocycles. The number of aromatic carboxylic acids is 1. The Labute approximate surface area is 122 Å². The van der Waals surface area contributed by atoms with Gasteiger partial charge in [-0.1, -0.05) is 6.07 Å². The third kappa shape index (κ3) is 2.33. The number of carboxylic acids is 1. The van der Waals surface area contributed by atoms with Gasteiger partial charge < -0.3 is 14.7 Å². The Morgan fingerprint density at radius 3 is 2.95 bits per heavy atom. The number of nitrogens with zero attached hydrogens (tertiary/aromatic N) is 3. The fourth-order valence-electron chi connectivity index (χ4n) is 2.54. The number of para-hydroxylation sites is 1. The van der Waals surface area contributed by atoms with Crippen molar-refractivity contribution in [3.05, 3.63) is 41.2 Å². The molecule has 1 aromatic heterocycles. The van der Waals surface area contributed by atoms with Crippen molar-refractivity contribution in [3.63, 3.8) is 0 Å². The zero-order valence-corrected chi connectivity index (χ0v) is 12.0. The third-order valence-corrected chi connectivity index (χ3v) is 3.87. The van der Waals surface area contributed by atoms with E-state index in [0.717, 1.165) is 23.5 Å². The molecule has 1 aliphatic rings. The van der Waals surface area contributed by atoms with Crippen LogP contribution in [0, 0.1) is 6.92 Å². The molecule has 21 heavy (non-hydrogen) atoms. The maximum absolute atomic E-state index is 11.3. The second-order valence-electron chi connectivity index (χ2n) is 5.11. The van der Waals surface area contributed by atoms with Crippen molar-refractivity contribution in [2.45, 2.75) is 13.5 Å². The predicted molar refractivity (Wildman–Crippen MR) is 77.9 cm³/mol. The smallest absolute Gasteiger partial charge is 0.339 e. The number of hydrogen-bond donors (Lipinski definition) is 1. The molecule has 0 unspecified atom stereocenters. The molecule has 2 aromatic rings. The van der Waals surface area contributed by atoms with Crippen molar-refractivity contribution < 1.29 is 14.6 Å². The average molecular weight is 287 g/mol. The monoisotopic (exact) mass is 287 g/mol. The van der Waals surface area contributed by atoms with Crippen LogP contribution in [0.15, 0.2) is 24.4 Å². The molecule has 0 amide bonds. The summed E-state index contributed by atoms with van der Waals surface area (Å²) in [6.07, 6.45) is 1.85. The molecule has 1 aromatic carbocycles. The highest BCUT2D eigenvalue weighted by Crippen LogP contribution is 2.35. The summed E-state index contributed by atoms with van der Waals surface area (Å²) < 4.78 is 7.41. The van der Waals surface area contributed by atoms with Crippen LogP contribution in [0.25, 0.3) is 0 Å². The van der Waals surface area contributed by atoms with Crippen LogP contribution in [0.4, 0.5) is 5.69 Å². The highest BCUT2D eigenvalue weighted by Gasteiger charge is 2.24. The second-order valence-corrected chi connectivity index (χ2v) is 5.11. The minimum absolute atomic E-state index is 0.208. The molecule has 1 aliphatic heterocycles. The van der Waals surface area contributed by atoms with Crippen LogP contribution in [0.1, 0.15) is 21.6 Å². The van der Waals surface area contributed by atoms with E-state index in [1.165, 1.54) is 0 Å². The van der Waals surface area contributed by atoms with Crippen molar-refractivity contribution in [2.75, 3.05) is 18.1 Å². The first kappa shape index (κ1) is 13.5. The fraction of sp³-hybridized carbons (Fsp3) is 0.333. The third-order valence-electron chi connectivity index (χ3n) is 3.87. The van der Waals surface area contributed by atoms with Gasteiger partial charge >= 0.3 is 5.97 Å². The lowest BCUT2D eigenvalue weighted by atomic mass is 10.1. The molecule has 6 nitrogen and oxygen atoms in total. The summed E-state index contributed by atoms with van der Waals surface area (Å²) in [6.45, 7) is 3.93. The summed E-state index contributed by atoms with van der Waals surface area (Å²) in [5.74, 6) is -0.510. The molecule has 3 rings (SSSR count). The second kappa shape index (κ2) is 5.12. The van der Waals surface area contributed by atoms with Gasteiger partial charge in [0.05, 0.1) is 18.4 Å². The van der Waals surface area contributed by atoms with E-state index >= 15 is 0 Å². The lowest BCUT2D eigenvalue weighted by molar-refractivity contribution is 0.0692. The first-order valence-corrected chi connectivity index (χ1v) is 6.79. The number of hydrogen-bond acceptors (Lipinski definition) is 4. The van der Waals surface area contributed by atoms with E-state index in [9.17, 15) is 9.90 Å². The quantitative estimate of drug-likeness (QED) is 0.932. The molecular weight excluding hydrogens is 270 g/mol. The van der Waals surface area contributed by atoms with E-state index in [-0.39, 0.29) is 5.56 Å². The number of fused-ring (bicyclic) bond motifs is 1. The van der Waals surface area contributed by atoms with Crippen molar-refractivity contribution in [2.24, 2.45) is 7.05 Å². The van der Waals surface area contributed by atoms with Crippen molar-refractivity contribution in [3.8, 4) is 5.75 Å². The molecule has 0 aliphatic carbocycles. The summed E-state index contributed by atoms with van der Waals surface area (Å²) in [6, 6.07) is 5.21. The zero-order valence-electron chi connectivity index (χ0n) is 12.0. The minimum atomic E-state index is -0.966. The number of rotatable bonds is 3. The molecule has 1 N–H and O–H groups in total. The van der Waals surface area contributed by atoms with E-state index in [1.54, 1.807) is 12.1 Å². The Bertz CT molecular complexity index is 693. The number of anilines is 1. The SMILES string of the molecule is Cc1c(CN2CCOc3c(C(=O)O)cccc32)cnn1C. The maximum atomic E-state index is 11.3. The zero-order chi connectivity index (χ0) is 15.0. The largest absolute Gasteiger partial charge is 0.489 e. The molecule has 6 heteroatoms. The topological polar surface area (TPSA) is 67.6 Å². The lowest BCUT2D eigenvalue weighted by Crippen LogP contribution is -2.33. The predicted octanol–water partition coefficient (Wildman–Crippen LogP) is 1.83. The van der Waals surface area contributed by atoms with Gasteiger partial charge in [0.25, 0.3) is 0 Å². The number of aryl methyl sites for hydroxylation is 1. The minimum Gasteiger partial charge on any atom is -0.489 e. The molecule has 0 radical (unpaired) electrons. The van der Waals surface area contributed by atoms with Crippen LogP contribution in [0.3, 0.4) is 0 Å². The number of ether oxygens (including phenoxy) is 1. The Morgan fingerprint density at radius 2 is 2.29 bits per heavy atom. The molecule has 2 heterocycles. The summed E-state index contributed by atoms with van der Waals surface area (Å²) in [5.41, 5.74) is 3.27. The molecule has 110 valence electrons. The van der Waals surface area contributed by atoms with Crippen LogP contribution in [0.5, 0.6) is 5.75 Å². The van der Waals surface area contributed by atoms with Crippen LogP contribution in [0.2, 0.25) is 0 Å². The van der Waals surface area contributed by atoms with Crippen molar-refractivity contribution >= 4 is 11.7 Å². The summed E-state index contributed by atoms with van der Waals surface area (Å²) in [7, 11) is 1.91. The first-order valence-electron chi connectivity index (χ1n) is 6.79. The molecular formula is C15H17N3O3. The van der Waals surface area contributed by atoms with Gasteiger partial charge in [0, 0.05) is 24.8 Å². The Balaban J connectivity index is 1.96. The molecule has 0 bridgehead atoms. The highest BCUT2D eigenvalue weighted by molar-refractivity contribution is 5.93. The van der Waals surface area contributed by atoms with Gasteiger partial charge in [0.2, 0.25) is 0 Å². The maximum Gasteiger partial charge on any atom is 0.339 e. The van der Waals surface area contributed by atoms with Gasteiger partial charge in [-0.25, -0.2) is 4.79 Å². The summed E-state index contributed by atoms with van der Waals surface area (Å²) in [5, 5.41) is 13.5. The van der Waals surface area contributed by atoms with Gasteiger partial charge in [-0.2, -0.15) is 5.10 Å². The van der Waals surface area contributed by atoms with Gasteiger partial charge in [0.1, 0.15) is 12.2 Å². The number of aromatic nitrogens is 2. The first-order chi connectivity index (χ1) is 10.1. The van der Waals surface area contributed by atoms with Crippen molar-refractivity contribution in [1.82, 2.24) is 9.78 Å². The van der Waals surface area contributed by atoms with Crippen molar-refractivity contribution in [1.29, 1.82) is 0 Å². The van der Waals surface area contributed by atoms with Crippen LogP contribution in [-0.4, -0.2) is 34.0 Å². The van der Waals surface area contributed by atoms with E-state index in [1.807, 2.05) is 30.9 Å². The van der Waals surface area contributed by atoms with Gasteiger partial charge in [-0.15, -0.1) is 0 Å². The van der Waals surface area contributed by atoms with E-state index in [2.05, 4.69) is 10.00 Å². The Morgan fingerprint density at radius 1 is 1.48 bits per heavy atom. The molecule has 0 fully saturated rings. The van der Waals surface area contributed by atoms with Gasteiger partial charge in [-0.05, 0) is 19.1 Å². The number of carbonyl (C=O) groups is 1. The summed E-state index contributed by atoms with van der Waals surface area (Å²) >= 11 is 0. The van der Waals surface area contributed by atoms with Gasteiger partial charge in [0.15, 0.2) is 5.75 Å². The normalized spacial score (nSPS) is 13.7. The van der Waals surface area contributed by atoms with Crippen LogP contribution >= 0.6 is 0 Å².